The molecule has 0 aromatic carbocycles. The zero-order valence-electron chi connectivity index (χ0n) is 5.67. The fraction of sp³-hybridized carbons (Fsp3) is 0.714. The SMILES string of the molecule is CCC=COC1COC1. The largest absolute Gasteiger partial charge is 0.494 e. The molecule has 0 aromatic rings. The van der Waals surface area contributed by atoms with Gasteiger partial charge in [0.05, 0.1) is 19.5 Å². The molecule has 0 aliphatic carbocycles. The molecule has 0 aromatic heterocycles. The van der Waals surface area contributed by atoms with E-state index in [1.165, 1.54) is 0 Å². The molecule has 0 amide bonds. The standard InChI is InChI=1S/C7H12O2/c1-2-3-4-9-7-5-8-6-7/h3-4,7H,2,5-6H2,1H3. The third-order valence-electron chi connectivity index (χ3n) is 1.21. The summed E-state index contributed by atoms with van der Waals surface area (Å²) in [5.41, 5.74) is 0. The number of ether oxygens (including phenoxy) is 2. The van der Waals surface area contributed by atoms with Crippen molar-refractivity contribution in [3.8, 4) is 0 Å². The lowest BCUT2D eigenvalue weighted by Gasteiger charge is -2.24. The average molecular weight is 128 g/mol. The summed E-state index contributed by atoms with van der Waals surface area (Å²) in [7, 11) is 0. The first-order valence-electron chi connectivity index (χ1n) is 3.31. The molecule has 0 spiro atoms. The van der Waals surface area contributed by atoms with Crippen molar-refractivity contribution in [1.29, 1.82) is 0 Å². The van der Waals surface area contributed by atoms with E-state index in [1.807, 2.05) is 6.08 Å². The Labute approximate surface area is 55.5 Å². The van der Waals surface area contributed by atoms with Gasteiger partial charge < -0.3 is 9.47 Å². The summed E-state index contributed by atoms with van der Waals surface area (Å²) in [5.74, 6) is 0. The van der Waals surface area contributed by atoms with Gasteiger partial charge in [0.1, 0.15) is 6.10 Å². The Hall–Kier alpha value is -0.500. The van der Waals surface area contributed by atoms with Crippen molar-refractivity contribution in [3.63, 3.8) is 0 Å². The van der Waals surface area contributed by atoms with Crippen LogP contribution in [0.25, 0.3) is 0 Å². The van der Waals surface area contributed by atoms with Crippen LogP contribution in [0.1, 0.15) is 13.3 Å². The third-order valence-corrected chi connectivity index (χ3v) is 1.21. The summed E-state index contributed by atoms with van der Waals surface area (Å²) in [5, 5.41) is 0. The Morgan fingerprint density at radius 2 is 2.44 bits per heavy atom. The first kappa shape index (κ1) is 6.62. The predicted molar refractivity (Wildman–Crippen MR) is 35.1 cm³/mol. The topological polar surface area (TPSA) is 18.5 Å². The number of hydrogen-bond donors (Lipinski definition) is 0. The molecule has 2 nitrogen and oxygen atoms in total. The minimum Gasteiger partial charge on any atom is -0.494 e. The first-order chi connectivity index (χ1) is 4.43. The van der Waals surface area contributed by atoms with Gasteiger partial charge in [0.15, 0.2) is 0 Å². The molecule has 1 aliphatic heterocycles. The van der Waals surface area contributed by atoms with Crippen LogP contribution in [0.4, 0.5) is 0 Å². The second-order valence-electron chi connectivity index (χ2n) is 2.08. The van der Waals surface area contributed by atoms with Crippen molar-refractivity contribution >= 4 is 0 Å². The van der Waals surface area contributed by atoms with Crippen LogP contribution >= 0.6 is 0 Å². The quantitative estimate of drug-likeness (QED) is 0.534. The van der Waals surface area contributed by atoms with Crippen LogP contribution in [0.2, 0.25) is 0 Å². The molecule has 1 fully saturated rings. The fourth-order valence-corrected chi connectivity index (χ4v) is 0.556. The highest BCUT2D eigenvalue weighted by Gasteiger charge is 2.17. The van der Waals surface area contributed by atoms with Gasteiger partial charge in [-0.05, 0) is 6.42 Å². The van der Waals surface area contributed by atoms with E-state index in [1.54, 1.807) is 6.26 Å². The van der Waals surface area contributed by atoms with Crippen molar-refractivity contribution < 1.29 is 9.47 Å². The molecule has 1 rings (SSSR count). The number of allylic oxidation sites excluding steroid dienone is 1. The van der Waals surface area contributed by atoms with Gasteiger partial charge in [-0.3, -0.25) is 0 Å². The Balaban J connectivity index is 1.97. The zero-order chi connectivity index (χ0) is 6.53. The van der Waals surface area contributed by atoms with Gasteiger partial charge in [-0.25, -0.2) is 0 Å². The van der Waals surface area contributed by atoms with Gasteiger partial charge in [-0.2, -0.15) is 0 Å². The molecule has 1 heterocycles. The van der Waals surface area contributed by atoms with Gasteiger partial charge in [-0.1, -0.05) is 13.0 Å². The van der Waals surface area contributed by atoms with Crippen molar-refractivity contribution in [1.82, 2.24) is 0 Å². The lowest BCUT2D eigenvalue weighted by Crippen LogP contribution is -2.34. The highest BCUT2D eigenvalue weighted by atomic mass is 16.6. The van der Waals surface area contributed by atoms with Crippen molar-refractivity contribution in [2.24, 2.45) is 0 Å². The normalized spacial score (nSPS) is 20.1. The molecule has 0 unspecified atom stereocenters. The van der Waals surface area contributed by atoms with Gasteiger partial charge >= 0.3 is 0 Å². The maximum Gasteiger partial charge on any atom is 0.144 e. The second kappa shape index (κ2) is 3.51. The molecule has 1 aliphatic rings. The Morgan fingerprint density at radius 3 is 2.89 bits per heavy atom. The maximum atomic E-state index is 5.21. The average Bonchev–Trinajstić information content (AvgIpc) is 1.76. The molecule has 9 heavy (non-hydrogen) atoms. The van der Waals surface area contributed by atoms with E-state index in [0.717, 1.165) is 19.6 Å². The van der Waals surface area contributed by atoms with Gasteiger partial charge in [0, 0.05) is 0 Å². The van der Waals surface area contributed by atoms with Gasteiger partial charge in [0.2, 0.25) is 0 Å². The molecule has 0 bridgehead atoms. The summed E-state index contributed by atoms with van der Waals surface area (Å²) in [6.45, 7) is 3.60. The van der Waals surface area contributed by atoms with Gasteiger partial charge in [-0.15, -0.1) is 0 Å². The molecule has 0 N–H and O–H groups in total. The van der Waals surface area contributed by atoms with Crippen LogP contribution < -0.4 is 0 Å². The molecule has 0 saturated carbocycles. The summed E-state index contributed by atoms with van der Waals surface area (Å²) in [6.07, 6.45) is 5.12. The number of hydrogen-bond acceptors (Lipinski definition) is 2. The Bertz CT molecular complexity index is 95.1. The van der Waals surface area contributed by atoms with E-state index >= 15 is 0 Å². The molecule has 1 saturated heterocycles. The van der Waals surface area contributed by atoms with Crippen LogP contribution in [-0.4, -0.2) is 19.3 Å². The molecular weight excluding hydrogens is 116 g/mol. The fourth-order valence-electron chi connectivity index (χ4n) is 0.556. The molecule has 0 atom stereocenters. The van der Waals surface area contributed by atoms with E-state index in [-0.39, 0.29) is 0 Å². The van der Waals surface area contributed by atoms with Crippen LogP contribution in [0.15, 0.2) is 12.3 Å². The van der Waals surface area contributed by atoms with Gasteiger partial charge in [0.25, 0.3) is 0 Å². The van der Waals surface area contributed by atoms with E-state index in [9.17, 15) is 0 Å². The summed E-state index contributed by atoms with van der Waals surface area (Å²) >= 11 is 0. The van der Waals surface area contributed by atoms with Crippen LogP contribution in [-0.2, 0) is 9.47 Å². The van der Waals surface area contributed by atoms with E-state index < -0.39 is 0 Å². The van der Waals surface area contributed by atoms with Crippen molar-refractivity contribution in [2.45, 2.75) is 19.4 Å². The highest BCUT2D eigenvalue weighted by molar-refractivity contribution is 4.75. The smallest absolute Gasteiger partial charge is 0.144 e. The summed E-state index contributed by atoms with van der Waals surface area (Å²) in [6, 6.07) is 0. The van der Waals surface area contributed by atoms with Crippen LogP contribution in [0.3, 0.4) is 0 Å². The van der Waals surface area contributed by atoms with Crippen LogP contribution in [0.5, 0.6) is 0 Å². The maximum absolute atomic E-state index is 5.21. The number of rotatable bonds is 3. The molecular formula is C7H12O2. The molecule has 2 heteroatoms. The van der Waals surface area contributed by atoms with Crippen molar-refractivity contribution in [2.75, 3.05) is 13.2 Å². The van der Waals surface area contributed by atoms with Crippen LogP contribution in [0, 0.1) is 0 Å². The van der Waals surface area contributed by atoms with E-state index in [0.29, 0.717) is 6.10 Å². The van der Waals surface area contributed by atoms with E-state index in [4.69, 9.17) is 9.47 Å². The highest BCUT2D eigenvalue weighted by Crippen LogP contribution is 2.05. The molecule has 0 radical (unpaired) electrons. The zero-order valence-corrected chi connectivity index (χ0v) is 5.67. The molecule has 52 valence electrons. The second-order valence-corrected chi connectivity index (χ2v) is 2.08. The lowest BCUT2D eigenvalue weighted by molar-refractivity contribution is -0.0994. The third kappa shape index (κ3) is 2.06. The minimum absolute atomic E-state index is 0.327. The Kier molecular flexibility index (Phi) is 2.58. The predicted octanol–water partition coefficient (Wildman–Crippen LogP) is 1.33. The first-order valence-corrected chi connectivity index (χ1v) is 3.31. The van der Waals surface area contributed by atoms with E-state index in [2.05, 4.69) is 6.92 Å². The minimum atomic E-state index is 0.327. The van der Waals surface area contributed by atoms with Crippen molar-refractivity contribution in [3.05, 3.63) is 12.3 Å². The summed E-state index contributed by atoms with van der Waals surface area (Å²) in [4.78, 5) is 0. The lowest BCUT2D eigenvalue weighted by atomic mass is 10.3. The summed E-state index contributed by atoms with van der Waals surface area (Å²) < 4.78 is 10.1. The monoisotopic (exact) mass is 128 g/mol. The Morgan fingerprint density at radius 1 is 1.67 bits per heavy atom.